The minimum Gasteiger partial charge on any atom is -0.497 e. The predicted molar refractivity (Wildman–Crippen MR) is 126 cm³/mol. The van der Waals surface area contributed by atoms with Crippen molar-refractivity contribution in [1.82, 2.24) is 9.88 Å². The van der Waals surface area contributed by atoms with Crippen LogP contribution in [0.2, 0.25) is 0 Å². The number of amides is 1. The van der Waals surface area contributed by atoms with Crippen molar-refractivity contribution in [1.29, 1.82) is 5.26 Å². The number of carbonyl (C=O) groups is 1. The molecule has 0 saturated carbocycles. The van der Waals surface area contributed by atoms with E-state index in [0.29, 0.717) is 28.7 Å². The molecule has 1 N–H and O–H groups in total. The Balaban J connectivity index is 1.66. The number of rotatable bonds is 9. The second-order valence-corrected chi connectivity index (χ2v) is 8.32. The topological polar surface area (TPSA) is 87.5 Å². The summed E-state index contributed by atoms with van der Waals surface area (Å²) in [5.74, 6) is 1.22. The number of carbonyl (C=O) groups excluding carboxylic acids is 1. The molecule has 3 rings (SSSR count). The van der Waals surface area contributed by atoms with Crippen LogP contribution in [-0.2, 0) is 11.3 Å². The molecule has 7 nitrogen and oxygen atoms in total. The van der Waals surface area contributed by atoms with Gasteiger partial charge in [0.25, 0.3) is 0 Å². The number of hydrogen-bond acceptors (Lipinski definition) is 7. The molecular formula is C24H26N4O3S. The fourth-order valence-corrected chi connectivity index (χ4v) is 3.88. The lowest BCUT2D eigenvalue weighted by atomic mass is 10.1. The normalized spacial score (nSPS) is 10.8. The van der Waals surface area contributed by atoms with Crippen molar-refractivity contribution in [2.45, 2.75) is 26.4 Å². The molecule has 0 radical (unpaired) electrons. The molecule has 32 heavy (non-hydrogen) atoms. The molecule has 0 aliphatic carbocycles. The monoisotopic (exact) mass is 450 g/mol. The number of aromatic nitrogens is 1. The Kier molecular flexibility index (Phi) is 7.82. The van der Waals surface area contributed by atoms with Crippen LogP contribution in [0.25, 0.3) is 11.3 Å². The van der Waals surface area contributed by atoms with Crippen LogP contribution in [0, 0.1) is 11.3 Å². The Morgan fingerprint density at radius 1 is 1.19 bits per heavy atom. The average Bonchev–Trinajstić information content (AvgIpc) is 3.26. The number of hydrogen-bond donors (Lipinski definition) is 1. The van der Waals surface area contributed by atoms with E-state index in [1.807, 2.05) is 43.5 Å². The largest absolute Gasteiger partial charge is 0.497 e. The summed E-state index contributed by atoms with van der Waals surface area (Å²) in [5, 5.41) is 14.3. The Morgan fingerprint density at radius 3 is 2.56 bits per heavy atom. The molecule has 0 spiro atoms. The lowest BCUT2D eigenvalue weighted by Gasteiger charge is -2.25. The van der Waals surface area contributed by atoms with Gasteiger partial charge in [0, 0.05) is 29.6 Å². The fraction of sp³-hybridized carbons (Fsp3) is 0.292. The smallest absolute Gasteiger partial charge is 0.240 e. The van der Waals surface area contributed by atoms with Gasteiger partial charge < -0.3 is 14.8 Å². The van der Waals surface area contributed by atoms with Gasteiger partial charge in [-0.05, 0) is 43.7 Å². The molecule has 1 amide bonds. The third-order valence-electron chi connectivity index (χ3n) is 4.98. The van der Waals surface area contributed by atoms with E-state index in [4.69, 9.17) is 14.7 Å². The Hall–Kier alpha value is -3.41. The first-order valence-corrected chi connectivity index (χ1v) is 11.0. The van der Waals surface area contributed by atoms with E-state index in [9.17, 15) is 4.79 Å². The van der Waals surface area contributed by atoms with E-state index in [1.54, 1.807) is 32.4 Å². The van der Waals surface area contributed by atoms with Gasteiger partial charge in [-0.25, -0.2) is 4.98 Å². The average molecular weight is 451 g/mol. The van der Waals surface area contributed by atoms with Gasteiger partial charge in [-0.1, -0.05) is 12.1 Å². The molecule has 0 aliphatic heterocycles. The molecule has 0 fully saturated rings. The molecule has 0 unspecified atom stereocenters. The number of ether oxygens (including phenoxy) is 2. The Bertz CT molecular complexity index is 1100. The number of nitriles is 1. The van der Waals surface area contributed by atoms with Gasteiger partial charge in [0.15, 0.2) is 5.13 Å². The van der Waals surface area contributed by atoms with Crippen molar-refractivity contribution in [3.05, 3.63) is 59.0 Å². The highest BCUT2D eigenvalue weighted by atomic mass is 32.1. The number of methoxy groups -OCH3 is 2. The number of nitrogens with zero attached hydrogens (tertiary/aromatic N) is 3. The van der Waals surface area contributed by atoms with E-state index < -0.39 is 0 Å². The van der Waals surface area contributed by atoms with Crippen LogP contribution in [0.1, 0.15) is 25.0 Å². The van der Waals surface area contributed by atoms with Gasteiger partial charge >= 0.3 is 0 Å². The number of nitrogens with one attached hydrogen (secondary N) is 1. The summed E-state index contributed by atoms with van der Waals surface area (Å²) in [7, 11) is 3.20. The summed E-state index contributed by atoms with van der Waals surface area (Å²) in [6.07, 6.45) is 0. The summed E-state index contributed by atoms with van der Waals surface area (Å²) in [6, 6.07) is 15.2. The zero-order valence-corrected chi connectivity index (χ0v) is 19.4. The molecule has 1 heterocycles. The lowest BCUT2D eigenvalue weighted by molar-refractivity contribution is -0.117. The molecule has 3 aromatic rings. The van der Waals surface area contributed by atoms with Gasteiger partial charge in [0.2, 0.25) is 5.91 Å². The second-order valence-electron chi connectivity index (χ2n) is 7.46. The molecule has 2 aromatic carbocycles. The van der Waals surface area contributed by atoms with Gasteiger partial charge in [0.1, 0.15) is 11.5 Å². The minimum atomic E-state index is -0.130. The minimum absolute atomic E-state index is 0.130. The fourth-order valence-electron chi connectivity index (χ4n) is 3.15. The third kappa shape index (κ3) is 5.84. The van der Waals surface area contributed by atoms with Crippen LogP contribution < -0.4 is 14.8 Å². The SMILES string of the molecule is COc1ccc(-c2csc(NC(=O)CN(Cc3ccc(C#N)cc3)C(C)C)n2)c(OC)c1. The molecule has 166 valence electrons. The summed E-state index contributed by atoms with van der Waals surface area (Å²) in [4.78, 5) is 19.3. The van der Waals surface area contributed by atoms with Crippen LogP contribution in [0.3, 0.4) is 0 Å². The van der Waals surface area contributed by atoms with Gasteiger partial charge in [0.05, 0.1) is 38.1 Å². The molecule has 0 aliphatic rings. The van der Waals surface area contributed by atoms with Gasteiger partial charge in [-0.3, -0.25) is 9.69 Å². The molecule has 8 heteroatoms. The number of thiazole rings is 1. The highest BCUT2D eigenvalue weighted by molar-refractivity contribution is 7.14. The van der Waals surface area contributed by atoms with Crippen molar-refractivity contribution in [2.75, 3.05) is 26.1 Å². The summed E-state index contributed by atoms with van der Waals surface area (Å²) in [6.45, 7) is 4.95. The zero-order valence-electron chi connectivity index (χ0n) is 18.6. The first-order valence-electron chi connectivity index (χ1n) is 10.1. The van der Waals surface area contributed by atoms with E-state index in [2.05, 4.69) is 21.3 Å². The second kappa shape index (κ2) is 10.8. The van der Waals surface area contributed by atoms with Crippen molar-refractivity contribution >= 4 is 22.4 Å². The highest BCUT2D eigenvalue weighted by Gasteiger charge is 2.17. The Morgan fingerprint density at radius 2 is 1.94 bits per heavy atom. The number of benzene rings is 2. The summed E-state index contributed by atoms with van der Waals surface area (Å²) >= 11 is 1.37. The van der Waals surface area contributed by atoms with Gasteiger partial charge in [-0.2, -0.15) is 5.26 Å². The van der Waals surface area contributed by atoms with Crippen molar-refractivity contribution in [3.8, 4) is 28.8 Å². The summed E-state index contributed by atoms with van der Waals surface area (Å²) in [5.41, 5.74) is 3.22. The maximum Gasteiger partial charge on any atom is 0.240 e. The maximum absolute atomic E-state index is 12.7. The molecule has 0 bridgehead atoms. The van der Waals surface area contributed by atoms with Crippen molar-refractivity contribution < 1.29 is 14.3 Å². The van der Waals surface area contributed by atoms with Crippen LogP contribution in [0.5, 0.6) is 11.5 Å². The summed E-state index contributed by atoms with van der Waals surface area (Å²) < 4.78 is 10.7. The maximum atomic E-state index is 12.7. The first kappa shape index (κ1) is 23.3. The van der Waals surface area contributed by atoms with Crippen molar-refractivity contribution in [3.63, 3.8) is 0 Å². The van der Waals surface area contributed by atoms with E-state index >= 15 is 0 Å². The molecule has 1 aromatic heterocycles. The van der Waals surface area contributed by atoms with E-state index in [0.717, 1.165) is 16.8 Å². The van der Waals surface area contributed by atoms with Gasteiger partial charge in [-0.15, -0.1) is 11.3 Å². The van der Waals surface area contributed by atoms with E-state index in [1.165, 1.54) is 11.3 Å². The van der Waals surface area contributed by atoms with Crippen LogP contribution in [-0.4, -0.2) is 42.6 Å². The van der Waals surface area contributed by atoms with Crippen molar-refractivity contribution in [2.24, 2.45) is 0 Å². The molecule has 0 atom stereocenters. The van der Waals surface area contributed by atoms with E-state index in [-0.39, 0.29) is 18.5 Å². The molecule has 0 saturated heterocycles. The quantitative estimate of drug-likeness (QED) is 0.515. The Labute approximate surface area is 192 Å². The standard InChI is InChI=1S/C24H26N4O3S/c1-16(2)28(13-18-7-5-17(12-25)6-8-18)14-23(29)27-24-26-21(15-32-24)20-10-9-19(30-3)11-22(20)31-4/h5-11,15-16H,13-14H2,1-4H3,(H,26,27,29). The first-order chi connectivity index (χ1) is 15.4. The molecular weight excluding hydrogens is 424 g/mol. The third-order valence-corrected chi connectivity index (χ3v) is 5.74. The van der Waals surface area contributed by atoms with Crippen LogP contribution in [0.15, 0.2) is 47.8 Å². The zero-order chi connectivity index (χ0) is 23.1. The lowest BCUT2D eigenvalue weighted by Crippen LogP contribution is -2.37. The predicted octanol–water partition coefficient (Wildman–Crippen LogP) is 4.55. The highest BCUT2D eigenvalue weighted by Crippen LogP contribution is 2.34. The van der Waals surface area contributed by atoms with Crippen LogP contribution >= 0.6 is 11.3 Å². The van der Waals surface area contributed by atoms with Crippen LogP contribution in [0.4, 0.5) is 5.13 Å². The number of anilines is 1.